The maximum Gasteiger partial charge on any atom is 0.269 e. The van der Waals surface area contributed by atoms with Crippen molar-refractivity contribution in [3.63, 3.8) is 0 Å². The lowest BCUT2D eigenvalue weighted by Gasteiger charge is -2.28. The molecule has 0 radical (unpaired) electrons. The third-order valence-corrected chi connectivity index (χ3v) is 4.47. The normalized spacial score (nSPS) is 15.3. The highest BCUT2D eigenvalue weighted by molar-refractivity contribution is 5.80. The first kappa shape index (κ1) is 14.8. The minimum atomic E-state index is -0.227. The average Bonchev–Trinajstić information content (AvgIpc) is 3.05. The molecule has 0 spiro atoms. The van der Waals surface area contributed by atoms with E-state index in [1.165, 1.54) is 23.6 Å². The Hall–Kier alpha value is -2.17. The van der Waals surface area contributed by atoms with Gasteiger partial charge in [0.2, 0.25) is 5.91 Å². The van der Waals surface area contributed by atoms with Crippen LogP contribution in [0.3, 0.4) is 0 Å². The van der Waals surface area contributed by atoms with Crippen molar-refractivity contribution in [3.8, 4) is 0 Å². The Kier molecular flexibility index (Phi) is 4.22. The van der Waals surface area contributed by atoms with E-state index in [0.29, 0.717) is 18.1 Å². The molecule has 22 heavy (non-hydrogen) atoms. The van der Waals surface area contributed by atoms with Crippen LogP contribution in [0, 0.1) is 0 Å². The van der Waals surface area contributed by atoms with Gasteiger partial charge in [-0.3, -0.25) is 14.2 Å². The summed E-state index contributed by atoms with van der Waals surface area (Å²) >= 11 is 0. The number of aromatic nitrogens is 2. The van der Waals surface area contributed by atoms with Gasteiger partial charge >= 0.3 is 0 Å². The van der Waals surface area contributed by atoms with Gasteiger partial charge in [0, 0.05) is 12.6 Å². The maximum atomic E-state index is 12.7. The zero-order chi connectivity index (χ0) is 15.5. The predicted molar refractivity (Wildman–Crippen MR) is 85.6 cm³/mol. The second-order valence-electron chi connectivity index (χ2n) is 5.79. The van der Waals surface area contributed by atoms with Crippen molar-refractivity contribution in [2.45, 2.75) is 45.2 Å². The first-order valence-electron chi connectivity index (χ1n) is 7.94. The van der Waals surface area contributed by atoms with Gasteiger partial charge in [0.15, 0.2) is 0 Å². The van der Waals surface area contributed by atoms with Gasteiger partial charge in [0.05, 0.1) is 17.2 Å². The fourth-order valence-electron chi connectivity index (χ4n) is 3.36. The van der Waals surface area contributed by atoms with Crippen molar-refractivity contribution in [2.24, 2.45) is 0 Å². The van der Waals surface area contributed by atoms with Crippen LogP contribution in [-0.2, 0) is 11.3 Å². The van der Waals surface area contributed by atoms with E-state index in [0.717, 1.165) is 18.4 Å². The molecule has 1 aliphatic carbocycles. The fourth-order valence-corrected chi connectivity index (χ4v) is 3.36. The van der Waals surface area contributed by atoms with Gasteiger partial charge in [-0.15, -0.1) is 0 Å². The van der Waals surface area contributed by atoms with Gasteiger partial charge in [0.1, 0.15) is 6.54 Å². The van der Waals surface area contributed by atoms with Crippen molar-refractivity contribution in [1.82, 2.24) is 14.5 Å². The van der Waals surface area contributed by atoms with Gasteiger partial charge in [-0.1, -0.05) is 25.0 Å². The Morgan fingerprint density at radius 3 is 2.77 bits per heavy atom. The van der Waals surface area contributed by atoms with E-state index in [4.69, 9.17) is 0 Å². The zero-order valence-electron chi connectivity index (χ0n) is 12.9. The zero-order valence-corrected chi connectivity index (χ0v) is 12.9. The molecule has 2 aromatic rings. The van der Waals surface area contributed by atoms with E-state index in [-0.39, 0.29) is 18.0 Å². The Labute approximate surface area is 129 Å². The quantitative estimate of drug-likeness (QED) is 0.869. The molecule has 1 fully saturated rings. The Balaban J connectivity index is 1.90. The molecule has 1 aliphatic rings. The van der Waals surface area contributed by atoms with Crippen LogP contribution < -0.4 is 5.56 Å². The summed E-state index contributed by atoms with van der Waals surface area (Å²) < 4.78 is 1.53. The third-order valence-electron chi connectivity index (χ3n) is 4.47. The molecule has 3 rings (SSSR count). The highest BCUT2D eigenvalue weighted by atomic mass is 16.2. The molecule has 0 bridgehead atoms. The molecule has 0 unspecified atom stereocenters. The van der Waals surface area contributed by atoms with E-state index in [1.807, 2.05) is 36.1 Å². The molecule has 0 atom stereocenters. The number of benzene rings is 1. The molecular formula is C17H21N3O2. The molecule has 1 aromatic carbocycles. The number of carbonyl (C=O) groups excluding carboxylic acids is 1. The SMILES string of the molecule is CCN(C(=O)Cn1c(=O)cnc2ccccc21)C1CCCC1. The molecular weight excluding hydrogens is 278 g/mol. The summed E-state index contributed by atoms with van der Waals surface area (Å²) in [6, 6.07) is 7.76. The highest BCUT2D eigenvalue weighted by Crippen LogP contribution is 2.23. The number of fused-ring (bicyclic) bond motifs is 1. The van der Waals surface area contributed by atoms with E-state index < -0.39 is 0 Å². The van der Waals surface area contributed by atoms with E-state index in [1.54, 1.807) is 0 Å². The van der Waals surface area contributed by atoms with Crippen molar-refractivity contribution in [3.05, 3.63) is 40.8 Å². The topological polar surface area (TPSA) is 55.2 Å². The lowest BCUT2D eigenvalue weighted by atomic mass is 10.2. The molecule has 1 heterocycles. The minimum absolute atomic E-state index is 0.0212. The van der Waals surface area contributed by atoms with E-state index in [9.17, 15) is 9.59 Å². The van der Waals surface area contributed by atoms with Crippen LogP contribution >= 0.6 is 0 Å². The summed E-state index contributed by atoms with van der Waals surface area (Å²) in [4.78, 5) is 30.9. The summed E-state index contributed by atoms with van der Waals surface area (Å²) in [5.41, 5.74) is 1.22. The number of carbonyl (C=O) groups is 1. The number of amides is 1. The van der Waals surface area contributed by atoms with E-state index >= 15 is 0 Å². The van der Waals surface area contributed by atoms with Crippen LogP contribution in [0.4, 0.5) is 0 Å². The van der Waals surface area contributed by atoms with Crippen molar-refractivity contribution in [2.75, 3.05) is 6.54 Å². The van der Waals surface area contributed by atoms with E-state index in [2.05, 4.69) is 4.98 Å². The molecule has 116 valence electrons. The Morgan fingerprint density at radius 2 is 2.05 bits per heavy atom. The number of hydrogen-bond acceptors (Lipinski definition) is 3. The first-order valence-corrected chi connectivity index (χ1v) is 7.94. The molecule has 0 N–H and O–H groups in total. The highest BCUT2D eigenvalue weighted by Gasteiger charge is 2.25. The summed E-state index contributed by atoms with van der Waals surface area (Å²) in [7, 11) is 0. The van der Waals surface area contributed by atoms with Crippen LogP contribution in [0.5, 0.6) is 0 Å². The largest absolute Gasteiger partial charge is 0.338 e. The second-order valence-corrected chi connectivity index (χ2v) is 5.79. The first-order chi connectivity index (χ1) is 10.7. The van der Waals surface area contributed by atoms with Gasteiger partial charge in [-0.05, 0) is 31.9 Å². The fraction of sp³-hybridized carbons (Fsp3) is 0.471. The third kappa shape index (κ3) is 2.75. The Bertz CT molecular complexity index is 732. The van der Waals surface area contributed by atoms with Crippen LogP contribution in [0.1, 0.15) is 32.6 Å². The van der Waals surface area contributed by atoms with Gasteiger partial charge in [-0.2, -0.15) is 0 Å². The molecule has 1 aromatic heterocycles. The molecule has 1 amide bonds. The number of hydrogen-bond donors (Lipinski definition) is 0. The maximum absolute atomic E-state index is 12.7. The van der Waals surface area contributed by atoms with Crippen LogP contribution in [-0.4, -0.2) is 32.9 Å². The lowest BCUT2D eigenvalue weighted by molar-refractivity contribution is -0.133. The summed E-state index contributed by atoms with van der Waals surface area (Å²) in [5, 5.41) is 0. The lowest BCUT2D eigenvalue weighted by Crippen LogP contribution is -2.42. The average molecular weight is 299 g/mol. The van der Waals surface area contributed by atoms with Gasteiger partial charge in [-0.25, -0.2) is 4.98 Å². The van der Waals surface area contributed by atoms with Crippen molar-refractivity contribution >= 4 is 16.9 Å². The second kappa shape index (κ2) is 6.30. The molecule has 0 aliphatic heterocycles. The predicted octanol–water partition coefficient (Wildman–Crippen LogP) is 2.19. The summed E-state index contributed by atoms with van der Waals surface area (Å²) in [6.45, 7) is 2.79. The number of para-hydroxylation sites is 2. The summed E-state index contributed by atoms with van der Waals surface area (Å²) in [5.74, 6) is 0.0212. The minimum Gasteiger partial charge on any atom is -0.338 e. The Morgan fingerprint density at radius 1 is 1.32 bits per heavy atom. The summed E-state index contributed by atoms with van der Waals surface area (Å²) in [6.07, 6.45) is 5.82. The van der Waals surface area contributed by atoms with Crippen molar-refractivity contribution < 1.29 is 4.79 Å². The molecule has 5 nitrogen and oxygen atoms in total. The molecule has 0 saturated heterocycles. The van der Waals surface area contributed by atoms with Gasteiger partial charge < -0.3 is 4.90 Å². The number of rotatable bonds is 4. The molecule has 5 heteroatoms. The standard InChI is InChI=1S/C17H21N3O2/c1-2-19(13-7-3-4-8-13)17(22)12-20-15-10-6-5-9-14(15)18-11-16(20)21/h5-6,9-11,13H,2-4,7-8,12H2,1H3. The monoisotopic (exact) mass is 299 g/mol. The van der Waals surface area contributed by atoms with Crippen LogP contribution in [0.25, 0.3) is 11.0 Å². The molecule has 1 saturated carbocycles. The van der Waals surface area contributed by atoms with Crippen LogP contribution in [0.2, 0.25) is 0 Å². The smallest absolute Gasteiger partial charge is 0.269 e. The number of likely N-dealkylation sites (N-methyl/N-ethyl adjacent to an activating group) is 1. The van der Waals surface area contributed by atoms with Crippen LogP contribution in [0.15, 0.2) is 35.3 Å². The number of nitrogens with zero attached hydrogens (tertiary/aromatic N) is 3. The van der Waals surface area contributed by atoms with Gasteiger partial charge in [0.25, 0.3) is 5.56 Å². The van der Waals surface area contributed by atoms with Crippen molar-refractivity contribution in [1.29, 1.82) is 0 Å².